The lowest BCUT2D eigenvalue weighted by atomic mass is 9.74. The third kappa shape index (κ3) is 4.55. The number of carbonyl (C=O) groups is 1. The second-order valence-corrected chi connectivity index (χ2v) is 8.26. The summed E-state index contributed by atoms with van der Waals surface area (Å²) < 4.78 is 5.72. The molecule has 156 valence electrons. The van der Waals surface area contributed by atoms with Crippen LogP contribution in [0.1, 0.15) is 18.4 Å². The van der Waals surface area contributed by atoms with Crippen LogP contribution in [0, 0.1) is 5.41 Å². The molecule has 2 heterocycles. The van der Waals surface area contributed by atoms with E-state index in [1.807, 2.05) is 48.5 Å². The molecular weight excluding hydrogens is 402 g/mol. The van der Waals surface area contributed by atoms with Gasteiger partial charge in [0.05, 0.1) is 10.9 Å². The van der Waals surface area contributed by atoms with Gasteiger partial charge >= 0.3 is 0 Å². The second-order valence-electron chi connectivity index (χ2n) is 7.83. The summed E-state index contributed by atoms with van der Waals surface area (Å²) in [5.41, 5.74) is 1.71. The number of benzene rings is 2. The smallest absolute Gasteiger partial charge is 0.260 e. The molecule has 7 heteroatoms. The van der Waals surface area contributed by atoms with Crippen LogP contribution in [0.25, 0.3) is 10.9 Å². The molecule has 3 aromatic rings. The maximum Gasteiger partial charge on any atom is 0.260 e. The van der Waals surface area contributed by atoms with Crippen LogP contribution in [-0.4, -0.2) is 52.2 Å². The van der Waals surface area contributed by atoms with E-state index >= 15 is 0 Å². The molecule has 0 radical (unpaired) electrons. The van der Waals surface area contributed by atoms with Gasteiger partial charge in [0.25, 0.3) is 5.91 Å². The Morgan fingerprint density at radius 1 is 1.10 bits per heavy atom. The molecule has 1 fully saturated rings. The van der Waals surface area contributed by atoms with Crippen LogP contribution in [0.2, 0.25) is 5.02 Å². The van der Waals surface area contributed by atoms with E-state index in [-0.39, 0.29) is 24.5 Å². The van der Waals surface area contributed by atoms with Crippen molar-refractivity contribution >= 4 is 28.4 Å². The Labute approximate surface area is 180 Å². The number of piperidine rings is 1. The van der Waals surface area contributed by atoms with Crippen molar-refractivity contribution in [2.75, 3.05) is 26.3 Å². The standard InChI is InChI=1S/C23H24ClN3O3/c24-18-7-5-17(6-8-18)13-23(15-28)9-11-27(12-10-23)21(29)14-30-22-19-3-1-2-4-20(19)25-16-26-22/h1-8,16,28H,9-15H2. The fraction of sp³-hybridized carbons (Fsp3) is 0.348. The lowest BCUT2D eigenvalue weighted by molar-refractivity contribution is -0.136. The topological polar surface area (TPSA) is 75.5 Å². The van der Waals surface area contributed by atoms with Crippen LogP contribution in [0.5, 0.6) is 5.88 Å². The average Bonchev–Trinajstić information content (AvgIpc) is 2.79. The fourth-order valence-corrected chi connectivity index (χ4v) is 4.10. The van der Waals surface area contributed by atoms with Crippen LogP contribution in [0.3, 0.4) is 0 Å². The molecule has 0 unspecified atom stereocenters. The first-order valence-corrected chi connectivity index (χ1v) is 10.4. The average molecular weight is 426 g/mol. The molecule has 1 aromatic heterocycles. The predicted molar refractivity (Wildman–Crippen MR) is 116 cm³/mol. The molecule has 0 atom stereocenters. The van der Waals surface area contributed by atoms with E-state index in [2.05, 4.69) is 9.97 Å². The molecule has 4 rings (SSSR count). The molecule has 0 aliphatic carbocycles. The van der Waals surface area contributed by atoms with E-state index in [1.54, 1.807) is 4.90 Å². The maximum atomic E-state index is 12.7. The van der Waals surface area contributed by atoms with E-state index in [4.69, 9.17) is 16.3 Å². The van der Waals surface area contributed by atoms with Crippen molar-refractivity contribution < 1.29 is 14.6 Å². The molecule has 2 aromatic carbocycles. The molecule has 0 spiro atoms. The molecule has 0 saturated carbocycles. The molecule has 1 N–H and O–H groups in total. The summed E-state index contributed by atoms with van der Waals surface area (Å²) in [5.74, 6) is 0.342. The number of aliphatic hydroxyl groups is 1. The number of hydrogen-bond donors (Lipinski definition) is 1. The van der Waals surface area contributed by atoms with Crippen molar-refractivity contribution in [3.8, 4) is 5.88 Å². The number of ether oxygens (including phenoxy) is 1. The maximum absolute atomic E-state index is 12.7. The number of carbonyl (C=O) groups excluding carboxylic acids is 1. The fourth-order valence-electron chi connectivity index (χ4n) is 3.97. The van der Waals surface area contributed by atoms with Crippen molar-refractivity contribution in [1.29, 1.82) is 0 Å². The molecule has 1 amide bonds. The van der Waals surface area contributed by atoms with Crippen LogP contribution < -0.4 is 4.74 Å². The van der Waals surface area contributed by atoms with Gasteiger partial charge in [-0.05, 0) is 49.1 Å². The Morgan fingerprint density at radius 2 is 1.83 bits per heavy atom. The van der Waals surface area contributed by atoms with Crippen LogP contribution in [-0.2, 0) is 11.2 Å². The van der Waals surface area contributed by atoms with Crippen molar-refractivity contribution in [2.24, 2.45) is 5.41 Å². The first kappa shape index (κ1) is 20.6. The summed E-state index contributed by atoms with van der Waals surface area (Å²) in [6.07, 6.45) is 3.70. The SMILES string of the molecule is O=C(COc1ncnc2ccccc12)N1CCC(CO)(Cc2ccc(Cl)cc2)CC1. The number of amides is 1. The zero-order valence-electron chi connectivity index (χ0n) is 16.6. The van der Waals surface area contributed by atoms with Gasteiger partial charge in [0.1, 0.15) is 6.33 Å². The summed E-state index contributed by atoms with van der Waals surface area (Å²) >= 11 is 5.97. The number of hydrogen-bond acceptors (Lipinski definition) is 5. The van der Waals surface area contributed by atoms with Gasteiger partial charge in [0.15, 0.2) is 6.61 Å². The molecule has 30 heavy (non-hydrogen) atoms. The van der Waals surface area contributed by atoms with Crippen LogP contribution in [0.15, 0.2) is 54.9 Å². The first-order chi connectivity index (χ1) is 14.6. The molecular formula is C23H24ClN3O3. The summed E-state index contributed by atoms with van der Waals surface area (Å²) in [7, 11) is 0. The Morgan fingerprint density at radius 3 is 2.57 bits per heavy atom. The van der Waals surface area contributed by atoms with Crippen molar-refractivity contribution in [3.05, 3.63) is 65.4 Å². The van der Waals surface area contributed by atoms with E-state index in [9.17, 15) is 9.90 Å². The molecule has 0 bridgehead atoms. The quantitative estimate of drug-likeness (QED) is 0.654. The number of para-hydroxylation sites is 1. The number of rotatable bonds is 6. The Balaban J connectivity index is 1.35. The highest BCUT2D eigenvalue weighted by Crippen LogP contribution is 2.35. The highest BCUT2D eigenvalue weighted by molar-refractivity contribution is 6.30. The number of aromatic nitrogens is 2. The van der Waals surface area contributed by atoms with Crippen LogP contribution >= 0.6 is 11.6 Å². The zero-order valence-corrected chi connectivity index (χ0v) is 17.4. The van der Waals surface area contributed by atoms with Gasteiger partial charge in [0, 0.05) is 30.1 Å². The minimum Gasteiger partial charge on any atom is -0.467 e. The number of likely N-dealkylation sites (tertiary alicyclic amines) is 1. The first-order valence-electron chi connectivity index (χ1n) is 10.0. The van der Waals surface area contributed by atoms with Gasteiger partial charge in [0.2, 0.25) is 5.88 Å². The summed E-state index contributed by atoms with van der Waals surface area (Å²) in [6.45, 7) is 1.23. The van der Waals surface area contributed by atoms with Gasteiger partial charge in [-0.3, -0.25) is 4.79 Å². The van der Waals surface area contributed by atoms with Crippen LogP contribution in [0.4, 0.5) is 0 Å². The van der Waals surface area contributed by atoms with Crippen molar-refractivity contribution in [3.63, 3.8) is 0 Å². The van der Waals surface area contributed by atoms with E-state index < -0.39 is 0 Å². The number of fused-ring (bicyclic) bond motifs is 1. The normalized spacial score (nSPS) is 15.9. The summed E-state index contributed by atoms with van der Waals surface area (Å²) in [4.78, 5) is 22.9. The minimum atomic E-state index is -0.214. The van der Waals surface area contributed by atoms with E-state index in [0.29, 0.717) is 24.0 Å². The lowest BCUT2D eigenvalue weighted by Gasteiger charge is -2.41. The Bertz CT molecular complexity index is 1010. The molecule has 1 saturated heterocycles. The zero-order chi connectivity index (χ0) is 21.0. The van der Waals surface area contributed by atoms with Crippen molar-refractivity contribution in [1.82, 2.24) is 14.9 Å². The summed E-state index contributed by atoms with van der Waals surface area (Å²) in [6, 6.07) is 15.3. The van der Waals surface area contributed by atoms with Gasteiger partial charge in [-0.15, -0.1) is 0 Å². The second kappa shape index (κ2) is 8.98. The Hall–Kier alpha value is -2.70. The van der Waals surface area contributed by atoms with Gasteiger partial charge in [-0.25, -0.2) is 9.97 Å². The third-order valence-corrected chi connectivity index (χ3v) is 6.10. The number of nitrogens with zero attached hydrogens (tertiary/aromatic N) is 3. The lowest BCUT2D eigenvalue weighted by Crippen LogP contribution is -2.47. The summed E-state index contributed by atoms with van der Waals surface area (Å²) in [5, 5.41) is 11.6. The number of halogens is 1. The van der Waals surface area contributed by atoms with Crippen molar-refractivity contribution in [2.45, 2.75) is 19.3 Å². The number of aliphatic hydroxyl groups excluding tert-OH is 1. The molecule has 6 nitrogen and oxygen atoms in total. The highest BCUT2D eigenvalue weighted by Gasteiger charge is 2.35. The highest BCUT2D eigenvalue weighted by atomic mass is 35.5. The minimum absolute atomic E-state index is 0.0652. The third-order valence-electron chi connectivity index (χ3n) is 5.84. The largest absolute Gasteiger partial charge is 0.467 e. The van der Waals surface area contributed by atoms with Gasteiger partial charge < -0.3 is 14.7 Å². The van der Waals surface area contributed by atoms with Gasteiger partial charge in [-0.1, -0.05) is 35.9 Å². The van der Waals surface area contributed by atoms with E-state index in [1.165, 1.54) is 6.33 Å². The monoisotopic (exact) mass is 425 g/mol. The predicted octanol–water partition coefficient (Wildman–Crippen LogP) is 3.51. The Kier molecular flexibility index (Phi) is 6.16. The van der Waals surface area contributed by atoms with Gasteiger partial charge in [-0.2, -0.15) is 0 Å². The molecule has 1 aliphatic heterocycles. The van der Waals surface area contributed by atoms with E-state index in [0.717, 1.165) is 35.7 Å². The molecule has 1 aliphatic rings.